The quantitative estimate of drug-likeness (QED) is 0.285. The number of allylic oxidation sites excluding steroid dienone is 1. The zero-order chi connectivity index (χ0) is 18.7. The van der Waals surface area contributed by atoms with E-state index < -0.39 is 4.92 Å². The van der Waals surface area contributed by atoms with Crippen molar-refractivity contribution in [2.24, 2.45) is 0 Å². The van der Waals surface area contributed by atoms with Crippen molar-refractivity contribution in [3.05, 3.63) is 92.8 Å². The number of nitro groups is 1. The second-order valence-corrected chi connectivity index (χ2v) is 5.90. The Bertz CT molecular complexity index is 1010. The predicted molar refractivity (Wildman–Crippen MR) is 99.8 cm³/mol. The number of non-ortho nitro benzene ring substituents is 1. The van der Waals surface area contributed by atoms with Crippen LogP contribution in [0.25, 0.3) is 11.8 Å². The van der Waals surface area contributed by atoms with E-state index in [4.69, 9.17) is 11.6 Å². The van der Waals surface area contributed by atoms with Gasteiger partial charge in [0.05, 0.1) is 16.3 Å². The van der Waals surface area contributed by atoms with Crippen LogP contribution in [0.3, 0.4) is 0 Å². The number of hydrogen-bond donors (Lipinski definition) is 0. The third-order valence-corrected chi connectivity index (χ3v) is 4.16. The second-order valence-electron chi connectivity index (χ2n) is 5.54. The monoisotopic (exact) mass is 367 g/mol. The number of rotatable bonds is 5. The van der Waals surface area contributed by atoms with Crippen LogP contribution in [0, 0.1) is 17.0 Å². The van der Waals surface area contributed by atoms with Crippen molar-refractivity contribution in [1.29, 1.82) is 0 Å². The van der Waals surface area contributed by atoms with Crippen LogP contribution in [0.5, 0.6) is 0 Å². The molecule has 1 heterocycles. The van der Waals surface area contributed by atoms with Crippen molar-refractivity contribution in [1.82, 2.24) is 9.78 Å². The van der Waals surface area contributed by atoms with Gasteiger partial charge in [-0.2, -0.15) is 5.10 Å². The largest absolute Gasteiger partial charge is 0.289 e. The first-order chi connectivity index (χ1) is 12.5. The van der Waals surface area contributed by atoms with Gasteiger partial charge >= 0.3 is 0 Å². The number of nitro benzene ring substituents is 1. The molecule has 0 atom stereocenters. The molecule has 3 rings (SSSR count). The third-order valence-electron chi connectivity index (χ3n) is 3.79. The van der Waals surface area contributed by atoms with Crippen molar-refractivity contribution in [3.63, 3.8) is 0 Å². The van der Waals surface area contributed by atoms with Crippen LogP contribution in [0.4, 0.5) is 5.69 Å². The van der Waals surface area contributed by atoms with Crippen molar-refractivity contribution in [2.75, 3.05) is 0 Å². The number of hydrogen-bond acceptors (Lipinski definition) is 4. The van der Waals surface area contributed by atoms with Crippen molar-refractivity contribution in [2.45, 2.75) is 6.92 Å². The van der Waals surface area contributed by atoms with Gasteiger partial charge in [0.25, 0.3) is 5.69 Å². The van der Waals surface area contributed by atoms with Crippen LogP contribution < -0.4 is 0 Å². The molecule has 7 heteroatoms. The molecule has 0 unspecified atom stereocenters. The van der Waals surface area contributed by atoms with Gasteiger partial charge in [-0.05, 0) is 31.2 Å². The molecular formula is C19H14ClN3O3. The third kappa shape index (κ3) is 3.55. The Balaban J connectivity index is 1.89. The van der Waals surface area contributed by atoms with Crippen molar-refractivity contribution < 1.29 is 9.72 Å². The van der Waals surface area contributed by atoms with Gasteiger partial charge in [-0.25, -0.2) is 4.68 Å². The summed E-state index contributed by atoms with van der Waals surface area (Å²) in [4.78, 5) is 22.6. The Hall–Kier alpha value is -3.25. The summed E-state index contributed by atoms with van der Waals surface area (Å²) in [6.07, 6.45) is 2.91. The van der Waals surface area contributed by atoms with Gasteiger partial charge in [-0.15, -0.1) is 0 Å². The van der Waals surface area contributed by atoms with Crippen LogP contribution in [-0.2, 0) is 0 Å². The summed E-state index contributed by atoms with van der Waals surface area (Å²) in [5.74, 6) is -0.350. The van der Waals surface area contributed by atoms with Crippen LogP contribution in [0.1, 0.15) is 21.6 Å². The molecule has 130 valence electrons. The molecule has 6 nitrogen and oxygen atoms in total. The summed E-state index contributed by atoms with van der Waals surface area (Å²) in [6.45, 7) is 1.79. The van der Waals surface area contributed by atoms with Crippen LogP contribution in [0.15, 0.2) is 60.7 Å². The molecule has 0 aliphatic rings. The highest BCUT2D eigenvalue weighted by Crippen LogP contribution is 2.25. The Labute approximate surface area is 154 Å². The highest BCUT2D eigenvalue weighted by molar-refractivity contribution is 6.31. The SMILES string of the molecule is Cc1nn(-c2ccccc2)c(Cl)c1/C=C/C(=O)c1cccc([N+](=O)[O-])c1. The maximum absolute atomic E-state index is 12.3. The van der Waals surface area contributed by atoms with Gasteiger partial charge in [0, 0.05) is 23.3 Å². The van der Waals surface area contributed by atoms with Crippen molar-refractivity contribution in [3.8, 4) is 5.69 Å². The Morgan fingerprint density at radius 1 is 1.19 bits per heavy atom. The number of ketones is 1. The first kappa shape index (κ1) is 17.6. The lowest BCUT2D eigenvalue weighted by Gasteiger charge is -2.02. The molecule has 2 aromatic carbocycles. The Morgan fingerprint density at radius 2 is 1.92 bits per heavy atom. The average molecular weight is 368 g/mol. The van der Waals surface area contributed by atoms with Gasteiger partial charge in [0.2, 0.25) is 0 Å². The van der Waals surface area contributed by atoms with E-state index in [1.807, 2.05) is 30.3 Å². The van der Waals surface area contributed by atoms with E-state index in [1.165, 1.54) is 30.3 Å². The highest BCUT2D eigenvalue weighted by Gasteiger charge is 2.14. The molecule has 0 aliphatic heterocycles. The number of benzene rings is 2. The summed E-state index contributed by atoms with van der Waals surface area (Å²) in [5, 5.41) is 15.6. The van der Waals surface area contributed by atoms with Gasteiger partial charge in [0.1, 0.15) is 5.15 Å². The summed E-state index contributed by atoms with van der Waals surface area (Å²) in [7, 11) is 0. The minimum absolute atomic E-state index is 0.129. The van der Waals surface area contributed by atoms with Crippen molar-refractivity contribution >= 4 is 29.1 Å². The molecule has 0 amide bonds. The summed E-state index contributed by atoms with van der Waals surface area (Å²) in [5.41, 5.74) is 2.21. The molecule has 0 saturated heterocycles. The zero-order valence-electron chi connectivity index (χ0n) is 13.8. The fourth-order valence-corrected chi connectivity index (χ4v) is 2.80. The zero-order valence-corrected chi connectivity index (χ0v) is 14.6. The van der Waals surface area contributed by atoms with E-state index in [0.29, 0.717) is 16.4 Å². The van der Waals surface area contributed by atoms with Gasteiger partial charge < -0.3 is 0 Å². The standard InChI is InChI=1S/C19H14ClN3O3/c1-13-17(19(20)22(21-13)15-7-3-2-4-8-15)10-11-18(24)14-6-5-9-16(12-14)23(25)26/h2-12H,1H3/b11-10+. The predicted octanol–water partition coefficient (Wildman–Crippen LogP) is 4.64. The summed E-state index contributed by atoms with van der Waals surface area (Å²) in [6, 6.07) is 15.0. The minimum atomic E-state index is -0.536. The van der Waals surface area contributed by atoms with E-state index in [0.717, 1.165) is 5.69 Å². The van der Waals surface area contributed by atoms with E-state index in [1.54, 1.807) is 17.7 Å². The fourth-order valence-electron chi connectivity index (χ4n) is 2.47. The van der Waals surface area contributed by atoms with E-state index in [-0.39, 0.29) is 17.0 Å². The summed E-state index contributed by atoms with van der Waals surface area (Å²) >= 11 is 6.41. The normalized spacial score (nSPS) is 11.0. The molecule has 0 saturated carbocycles. The van der Waals surface area contributed by atoms with Gasteiger partial charge in [-0.3, -0.25) is 14.9 Å². The number of nitrogens with zero attached hydrogens (tertiary/aromatic N) is 3. The molecule has 26 heavy (non-hydrogen) atoms. The maximum Gasteiger partial charge on any atom is 0.270 e. The lowest BCUT2D eigenvalue weighted by atomic mass is 10.1. The number of halogens is 1. The van der Waals surface area contributed by atoms with E-state index in [9.17, 15) is 14.9 Å². The molecule has 3 aromatic rings. The van der Waals surface area contributed by atoms with E-state index in [2.05, 4.69) is 5.10 Å². The first-order valence-electron chi connectivity index (χ1n) is 7.75. The van der Waals surface area contributed by atoms with Gasteiger partial charge in [0.15, 0.2) is 5.78 Å². The molecule has 0 bridgehead atoms. The number of carbonyl (C=O) groups is 1. The first-order valence-corrected chi connectivity index (χ1v) is 8.12. The minimum Gasteiger partial charge on any atom is -0.289 e. The lowest BCUT2D eigenvalue weighted by Crippen LogP contribution is -1.96. The van der Waals surface area contributed by atoms with Crippen LogP contribution in [0.2, 0.25) is 5.15 Å². The topological polar surface area (TPSA) is 78.0 Å². The molecule has 0 fully saturated rings. The van der Waals surface area contributed by atoms with Crippen LogP contribution >= 0.6 is 11.6 Å². The molecular weight excluding hydrogens is 354 g/mol. The molecule has 1 aromatic heterocycles. The lowest BCUT2D eigenvalue weighted by molar-refractivity contribution is -0.384. The average Bonchev–Trinajstić information content (AvgIpc) is 2.94. The summed E-state index contributed by atoms with van der Waals surface area (Å²) < 4.78 is 1.59. The number of para-hydroxylation sites is 1. The Morgan fingerprint density at radius 3 is 2.62 bits per heavy atom. The highest BCUT2D eigenvalue weighted by atomic mass is 35.5. The Kier molecular flexibility index (Phi) is 4.95. The fraction of sp³-hybridized carbons (Fsp3) is 0.0526. The molecule has 0 radical (unpaired) electrons. The smallest absolute Gasteiger partial charge is 0.270 e. The maximum atomic E-state index is 12.3. The number of aromatic nitrogens is 2. The molecule has 0 spiro atoms. The van der Waals surface area contributed by atoms with Gasteiger partial charge in [-0.1, -0.05) is 41.9 Å². The second kappa shape index (κ2) is 7.33. The molecule has 0 N–H and O–H groups in total. The number of aryl methyl sites for hydroxylation is 1. The number of carbonyl (C=O) groups excluding carboxylic acids is 1. The van der Waals surface area contributed by atoms with Crippen LogP contribution in [-0.4, -0.2) is 20.5 Å². The van der Waals surface area contributed by atoms with E-state index >= 15 is 0 Å². The molecule has 0 aliphatic carbocycles.